The van der Waals surface area contributed by atoms with Gasteiger partial charge in [-0.1, -0.05) is 0 Å². The number of hydrogen-bond donors (Lipinski definition) is 1. The first-order valence-corrected chi connectivity index (χ1v) is 7.98. The van der Waals surface area contributed by atoms with E-state index in [1.807, 2.05) is 0 Å². The second-order valence-electron chi connectivity index (χ2n) is 5.51. The maximum absolute atomic E-state index is 12.6. The van der Waals surface area contributed by atoms with Gasteiger partial charge < -0.3 is 14.6 Å². The molecule has 0 aliphatic carbocycles. The minimum Gasteiger partial charge on any atom is -0.420 e. The second-order valence-corrected chi connectivity index (χ2v) is 5.95. The van der Waals surface area contributed by atoms with Crippen molar-refractivity contribution in [2.45, 2.75) is 5.57 Å². The van der Waals surface area contributed by atoms with Crippen LogP contribution in [0.1, 0.15) is 10.4 Å². The number of amides is 1. The monoisotopic (exact) mass is 394 g/mol. The van der Waals surface area contributed by atoms with Crippen LogP contribution in [0.3, 0.4) is 0 Å². The molecule has 2 aromatic heterocycles. The van der Waals surface area contributed by atoms with Crippen LogP contribution in [-0.2, 0) is 7.05 Å². The lowest BCUT2D eigenvalue weighted by atomic mass is 10.2. The Morgan fingerprint density at radius 1 is 1.30 bits per heavy atom. The zero-order valence-corrected chi connectivity index (χ0v) is 14.7. The Morgan fingerprint density at radius 3 is 2.59 bits per heavy atom. The lowest BCUT2D eigenvalue weighted by Crippen LogP contribution is -2.25. The van der Waals surface area contributed by atoms with Gasteiger partial charge in [-0.3, -0.25) is 9.59 Å². The second kappa shape index (κ2) is 7.20. The molecule has 1 amide bonds. The average molecular weight is 395 g/mol. The number of benzene rings is 1. The zero-order chi connectivity index (χ0) is 19.6. The Morgan fingerprint density at radius 2 is 2.00 bits per heavy atom. The third-order valence-corrected chi connectivity index (χ3v) is 3.60. The molecule has 2 heterocycles. The summed E-state index contributed by atoms with van der Waals surface area (Å²) < 4.78 is 32.0. The highest BCUT2D eigenvalue weighted by atomic mass is 35.5. The molecule has 3 aromatic rings. The van der Waals surface area contributed by atoms with Crippen LogP contribution in [-0.4, -0.2) is 25.8 Å². The van der Waals surface area contributed by atoms with Crippen LogP contribution < -0.4 is 15.6 Å². The lowest BCUT2D eigenvalue weighted by molar-refractivity contribution is -0.0964. The number of halogens is 3. The number of alkyl halides is 3. The summed E-state index contributed by atoms with van der Waals surface area (Å²) in [7, 11) is 1.52. The molecule has 0 unspecified atom stereocenters. The highest BCUT2D eigenvalue weighted by Gasteiger charge is 2.27. The molecule has 0 atom stereocenters. The fourth-order valence-corrected chi connectivity index (χ4v) is 2.43. The van der Waals surface area contributed by atoms with Crippen LogP contribution >= 0.6 is 11.6 Å². The minimum atomic E-state index is -3.82. The molecular formula is C17H13ClF2N4O3. The molecule has 0 saturated heterocycles. The van der Waals surface area contributed by atoms with Crippen LogP contribution in [0.25, 0.3) is 5.69 Å². The zero-order valence-electron chi connectivity index (χ0n) is 13.9. The van der Waals surface area contributed by atoms with Crippen LogP contribution in [0.5, 0.6) is 5.75 Å². The van der Waals surface area contributed by atoms with Gasteiger partial charge in [-0.15, -0.1) is 8.78 Å². The molecule has 7 nitrogen and oxygen atoms in total. The molecule has 0 bridgehead atoms. The van der Waals surface area contributed by atoms with Crippen molar-refractivity contribution in [3.8, 4) is 11.4 Å². The van der Waals surface area contributed by atoms with Crippen molar-refractivity contribution in [3.63, 3.8) is 0 Å². The lowest BCUT2D eigenvalue weighted by Gasteiger charge is -2.12. The molecule has 0 fully saturated rings. The molecule has 10 heteroatoms. The van der Waals surface area contributed by atoms with Crippen molar-refractivity contribution in [1.82, 2.24) is 14.3 Å². The van der Waals surface area contributed by atoms with Gasteiger partial charge in [0.25, 0.3) is 11.5 Å². The summed E-state index contributed by atoms with van der Waals surface area (Å²) in [4.78, 5) is 24.7. The first-order valence-electron chi connectivity index (χ1n) is 7.61. The molecule has 27 heavy (non-hydrogen) atoms. The first-order chi connectivity index (χ1) is 12.7. The molecule has 1 aromatic carbocycles. The number of nitrogens with one attached hydrogen (secondary N) is 1. The maximum Gasteiger partial charge on any atom is 0.487 e. The molecule has 140 valence electrons. The molecule has 0 aliphatic rings. The van der Waals surface area contributed by atoms with Crippen LogP contribution in [0.15, 0.2) is 59.8 Å². The van der Waals surface area contributed by atoms with E-state index >= 15 is 0 Å². The summed E-state index contributed by atoms with van der Waals surface area (Å²) in [5, 5.41) is 6.60. The number of pyridine rings is 1. The highest BCUT2D eigenvalue weighted by Crippen LogP contribution is 2.26. The minimum absolute atomic E-state index is 0.156. The SMILES string of the molecule is Cn1cc(C(=O)Nc2ccc(OC(F)(F)Cl)cc2)cc(-n2cccn2)c1=O. The maximum atomic E-state index is 12.6. The fraction of sp³-hybridized carbons (Fsp3) is 0.118. The molecule has 0 aliphatic heterocycles. The number of carbonyl (C=O) groups excluding carboxylic acids is 1. The molecule has 0 radical (unpaired) electrons. The van der Waals surface area contributed by atoms with Gasteiger partial charge in [-0.05, 0) is 36.4 Å². The van der Waals surface area contributed by atoms with E-state index in [1.165, 1.54) is 59.0 Å². The summed E-state index contributed by atoms with van der Waals surface area (Å²) >= 11 is 4.70. The van der Waals surface area contributed by atoms with E-state index in [0.29, 0.717) is 5.69 Å². The average Bonchev–Trinajstić information content (AvgIpc) is 3.12. The molecular weight excluding hydrogens is 382 g/mol. The Labute approximate surface area is 156 Å². The number of hydrogen-bond acceptors (Lipinski definition) is 4. The molecule has 1 N–H and O–H groups in total. The number of anilines is 1. The van der Waals surface area contributed by atoms with Gasteiger partial charge in [0.2, 0.25) is 0 Å². The quantitative estimate of drug-likeness (QED) is 0.675. The number of aromatic nitrogens is 3. The van der Waals surface area contributed by atoms with Crippen LogP contribution in [0.4, 0.5) is 14.5 Å². The Kier molecular flexibility index (Phi) is 4.95. The van der Waals surface area contributed by atoms with E-state index in [1.54, 1.807) is 12.3 Å². The van der Waals surface area contributed by atoms with Gasteiger partial charge in [-0.2, -0.15) is 5.10 Å². The van der Waals surface area contributed by atoms with E-state index in [4.69, 9.17) is 11.6 Å². The number of rotatable bonds is 5. The standard InChI is InChI=1S/C17H13ClF2N4O3/c1-23-10-11(9-14(16(23)26)24-8-2-7-21-24)15(25)22-12-3-5-13(6-4-12)27-17(18,19)20/h2-10H,1H3,(H,22,25). The summed E-state index contributed by atoms with van der Waals surface area (Å²) in [6, 6.07) is 8.30. The van der Waals surface area contributed by atoms with Gasteiger partial charge >= 0.3 is 5.57 Å². The highest BCUT2D eigenvalue weighted by molar-refractivity contribution is 6.20. The number of ether oxygens (including phenoxy) is 1. The summed E-state index contributed by atoms with van der Waals surface area (Å²) in [5.41, 5.74) is -3.36. The Hall–Kier alpha value is -3.20. The van der Waals surface area contributed by atoms with E-state index < -0.39 is 11.5 Å². The van der Waals surface area contributed by atoms with Crippen molar-refractivity contribution in [2.24, 2.45) is 7.05 Å². The number of aryl methyl sites for hydroxylation is 1. The summed E-state index contributed by atoms with van der Waals surface area (Å²) in [6.07, 6.45) is 4.49. The van der Waals surface area contributed by atoms with Crippen molar-refractivity contribution >= 4 is 23.2 Å². The van der Waals surface area contributed by atoms with E-state index in [-0.39, 0.29) is 22.6 Å². The topological polar surface area (TPSA) is 78.2 Å². The first kappa shape index (κ1) is 18.6. The van der Waals surface area contributed by atoms with E-state index in [2.05, 4.69) is 15.2 Å². The largest absolute Gasteiger partial charge is 0.487 e. The van der Waals surface area contributed by atoms with Gasteiger partial charge in [0, 0.05) is 42.9 Å². The van der Waals surface area contributed by atoms with Crippen molar-refractivity contribution in [1.29, 1.82) is 0 Å². The summed E-state index contributed by atoms with van der Waals surface area (Å²) in [5.74, 6) is -0.647. The predicted molar refractivity (Wildman–Crippen MR) is 94.6 cm³/mol. The van der Waals surface area contributed by atoms with Gasteiger partial charge in [0.05, 0.1) is 5.56 Å². The molecule has 3 rings (SSSR count). The number of carbonyl (C=O) groups is 1. The third-order valence-electron chi connectivity index (χ3n) is 3.52. The third kappa shape index (κ3) is 4.50. The Balaban J connectivity index is 1.81. The van der Waals surface area contributed by atoms with E-state index in [0.717, 1.165) is 0 Å². The van der Waals surface area contributed by atoms with Crippen LogP contribution in [0, 0.1) is 0 Å². The van der Waals surface area contributed by atoms with Gasteiger partial charge in [0.15, 0.2) is 0 Å². The van der Waals surface area contributed by atoms with Crippen molar-refractivity contribution in [2.75, 3.05) is 5.32 Å². The number of nitrogens with zero attached hydrogens (tertiary/aromatic N) is 3. The molecule has 0 saturated carbocycles. The van der Waals surface area contributed by atoms with E-state index in [9.17, 15) is 18.4 Å². The molecule has 0 spiro atoms. The summed E-state index contributed by atoms with van der Waals surface area (Å²) in [6.45, 7) is 0. The van der Waals surface area contributed by atoms with Crippen molar-refractivity contribution < 1.29 is 18.3 Å². The van der Waals surface area contributed by atoms with Crippen LogP contribution in [0.2, 0.25) is 0 Å². The fourth-order valence-electron chi connectivity index (χ4n) is 2.34. The van der Waals surface area contributed by atoms with Crippen molar-refractivity contribution in [3.05, 3.63) is 70.9 Å². The predicted octanol–water partition coefficient (Wildman–Crippen LogP) is 2.99. The Bertz CT molecular complexity index is 1010. The van der Waals surface area contributed by atoms with Gasteiger partial charge in [-0.25, -0.2) is 4.68 Å². The normalized spacial score (nSPS) is 11.3. The smallest absolute Gasteiger partial charge is 0.420 e. The van der Waals surface area contributed by atoms with Gasteiger partial charge in [0.1, 0.15) is 11.4 Å².